The molecule has 0 aliphatic carbocycles. The number of para-hydroxylation sites is 1. The normalized spacial score (nSPS) is 12.3. The maximum absolute atomic E-state index is 12.4. The number of rotatable bonds is 4. The summed E-state index contributed by atoms with van der Waals surface area (Å²) in [4.78, 5) is 12.5. The summed E-state index contributed by atoms with van der Waals surface area (Å²) in [7, 11) is -3.69. The Bertz CT molecular complexity index is 1030. The Labute approximate surface area is 152 Å². The van der Waals surface area contributed by atoms with Gasteiger partial charge in [-0.05, 0) is 51.1 Å². The molecule has 1 heterocycles. The van der Waals surface area contributed by atoms with Gasteiger partial charge in [-0.15, -0.1) is 0 Å². The molecule has 3 rings (SSSR count). The van der Waals surface area contributed by atoms with Gasteiger partial charge < -0.3 is 9.73 Å². The van der Waals surface area contributed by atoms with Gasteiger partial charge in [0.15, 0.2) is 5.76 Å². The number of hydrogen-bond donors (Lipinski definition) is 2. The molecule has 0 aliphatic rings. The Balaban J connectivity index is 1.83. The minimum atomic E-state index is -3.69. The van der Waals surface area contributed by atoms with E-state index in [-0.39, 0.29) is 10.7 Å². The molecule has 0 aliphatic heterocycles. The van der Waals surface area contributed by atoms with Gasteiger partial charge in [0.2, 0.25) is 10.0 Å². The van der Waals surface area contributed by atoms with Gasteiger partial charge in [0.05, 0.1) is 4.90 Å². The maximum atomic E-state index is 12.4. The fourth-order valence-corrected chi connectivity index (χ4v) is 3.95. The largest absolute Gasteiger partial charge is 0.451 e. The fraction of sp³-hybridized carbons (Fsp3) is 0.211. The lowest BCUT2D eigenvalue weighted by atomic mass is 10.1. The lowest BCUT2D eigenvalue weighted by molar-refractivity contribution is 0.0998. The summed E-state index contributed by atoms with van der Waals surface area (Å²) >= 11 is 0. The molecule has 136 valence electrons. The van der Waals surface area contributed by atoms with Crippen LogP contribution in [0, 0.1) is 0 Å². The number of hydrogen-bond acceptors (Lipinski definition) is 4. The van der Waals surface area contributed by atoms with Crippen LogP contribution in [0.1, 0.15) is 31.3 Å². The van der Waals surface area contributed by atoms with Crippen molar-refractivity contribution in [2.45, 2.75) is 31.2 Å². The number of amides is 1. The number of carbonyl (C=O) groups is 1. The van der Waals surface area contributed by atoms with Crippen LogP contribution in [0.15, 0.2) is 63.9 Å². The average Bonchev–Trinajstić information content (AvgIpc) is 2.97. The molecular formula is C19H20N2O4S. The highest BCUT2D eigenvalue weighted by atomic mass is 32.2. The van der Waals surface area contributed by atoms with E-state index in [0.29, 0.717) is 11.3 Å². The Morgan fingerprint density at radius 2 is 1.73 bits per heavy atom. The van der Waals surface area contributed by atoms with Crippen molar-refractivity contribution in [1.29, 1.82) is 0 Å². The van der Waals surface area contributed by atoms with E-state index >= 15 is 0 Å². The van der Waals surface area contributed by atoms with Crippen LogP contribution in [0.4, 0.5) is 5.69 Å². The molecule has 0 saturated carbocycles. The standard InChI is InChI=1S/C19H20N2O4S/c1-19(2,3)21-26(23,24)15-9-6-8-14(12-15)20-18(22)17-11-13-7-4-5-10-16(13)25-17/h4-12,21H,1-3H3,(H,20,22). The number of anilines is 1. The Hall–Kier alpha value is -2.64. The third-order valence-corrected chi connectivity index (χ3v) is 5.25. The van der Waals surface area contributed by atoms with Crippen LogP contribution in [-0.4, -0.2) is 19.9 Å². The molecule has 0 spiro atoms. The maximum Gasteiger partial charge on any atom is 0.291 e. The highest BCUT2D eigenvalue weighted by molar-refractivity contribution is 7.89. The van der Waals surface area contributed by atoms with E-state index < -0.39 is 21.5 Å². The first-order chi connectivity index (χ1) is 12.1. The van der Waals surface area contributed by atoms with E-state index in [1.165, 1.54) is 12.1 Å². The second-order valence-electron chi connectivity index (χ2n) is 6.99. The van der Waals surface area contributed by atoms with Gasteiger partial charge in [-0.2, -0.15) is 0 Å². The molecule has 0 radical (unpaired) electrons. The lowest BCUT2D eigenvalue weighted by Gasteiger charge is -2.20. The van der Waals surface area contributed by atoms with Crippen molar-refractivity contribution in [1.82, 2.24) is 4.72 Å². The molecule has 0 fully saturated rings. The van der Waals surface area contributed by atoms with Crippen molar-refractivity contribution in [2.75, 3.05) is 5.32 Å². The highest BCUT2D eigenvalue weighted by Crippen LogP contribution is 2.21. The Morgan fingerprint density at radius 1 is 1.00 bits per heavy atom. The van der Waals surface area contributed by atoms with E-state index in [9.17, 15) is 13.2 Å². The molecule has 6 nitrogen and oxygen atoms in total. The van der Waals surface area contributed by atoms with Crippen molar-refractivity contribution in [3.63, 3.8) is 0 Å². The first-order valence-electron chi connectivity index (χ1n) is 8.08. The molecule has 2 aromatic carbocycles. The number of sulfonamides is 1. The predicted octanol–water partition coefficient (Wildman–Crippen LogP) is 3.76. The van der Waals surface area contributed by atoms with E-state index in [1.54, 1.807) is 45.0 Å². The highest BCUT2D eigenvalue weighted by Gasteiger charge is 2.22. The molecule has 7 heteroatoms. The molecule has 1 amide bonds. The number of nitrogens with one attached hydrogen (secondary N) is 2. The third-order valence-electron chi connectivity index (χ3n) is 3.49. The van der Waals surface area contributed by atoms with Gasteiger partial charge in [0, 0.05) is 16.6 Å². The van der Waals surface area contributed by atoms with Crippen LogP contribution in [0.25, 0.3) is 11.0 Å². The van der Waals surface area contributed by atoms with Crippen LogP contribution in [0.2, 0.25) is 0 Å². The van der Waals surface area contributed by atoms with Crippen molar-refractivity contribution in [2.24, 2.45) is 0 Å². The second-order valence-corrected chi connectivity index (χ2v) is 8.67. The number of carbonyl (C=O) groups excluding carboxylic acids is 1. The molecule has 0 saturated heterocycles. The van der Waals surface area contributed by atoms with Gasteiger partial charge in [-0.1, -0.05) is 24.3 Å². The van der Waals surface area contributed by atoms with Crippen LogP contribution in [0.3, 0.4) is 0 Å². The molecule has 0 atom stereocenters. The number of fused-ring (bicyclic) bond motifs is 1. The van der Waals surface area contributed by atoms with Gasteiger partial charge in [0.25, 0.3) is 5.91 Å². The fourth-order valence-electron chi connectivity index (χ4n) is 2.49. The van der Waals surface area contributed by atoms with Gasteiger partial charge >= 0.3 is 0 Å². The molecular weight excluding hydrogens is 352 g/mol. The smallest absolute Gasteiger partial charge is 0.291 e. The van der Waals surface area contributed by atoms with Crippen LogP contribution >= 0.6 is 0 Å². The summed E-state index contributed by atoms with van der Waals surface area (Å²) in [6.45, 7) is 5.28. The third kappa shape index (κ3) is 4.12. The zero-order chi connectivity index (χ0) is 18.9. The van der Waals surface area contributed by atoms with E-state index in [0.717, 1.165) is 5.39 Å². The molecule has 0 unspecified atom stereocenters. The van der Waals surface area contributed by atoms with Crippen molar-refractivity contribution in [3.05, 3.63) is 60.4 Å². The predicted molar refractivity (Wildman–Crippen MR) is 101 cm³/mol. The summed E-state index contributed by atoms with van der Waals surface area (Å²) in [5.74, 6) is -0.285. The van der Waals surface area contributed by atoms with E-state index in [4.69, 9.17) is 4.42 Å². The zero-order valence-electron chi connectivity index (χ0n) is 14.7. The SMILES string of the molecule is CC(C)(C)NS(=O)(=O)c1cccc(NC(=O)c2cc3ccccc3o2)c1. The minimum absolute atomic E-state index is 0.0785. The van der Waals surface area contributed by atoms with E-state index in [2.05, 4.69) is 10.0 Å². The Morgan fingerprint density at radius 3 is 2.42 bits per heavy atom. The molecule has 2 N–H and O–H groups in total. The zero-order valence-corrected chi connectivity index (χ0v) is 15.6. The number of benzene rings is 2. The second kappa shape index (κ2) is 6.59. The molecule has 26 heavy (non-hydrogen) atoms. The molecule has 3 aromatic rings. The Kier molecular flexibility index (Phi) is 4.60. The van der Waals surface area contributed by atoms with Gasteiger partial charge in [-0.25, -0.2) is 13.1 Å². The summed E-state index contributed by atoms with van der Waals surface area (Å²) in [5.41, 5.74) is 0.377. The van der Waals surface area contributed by atoms with Gasteiger partial charge in [0.1, 0.15) is 5.58 Å². The number of furan rings is 1. The topological polar surface area (TPSA) is 88.4 Å². The molecule has 0 bridgehead atoms. The van der Waals surface area contributed by atoms with Crippen LogP contribution < -0.4 is 10.0 Å². The first kappa shape index (κ1) is 18.2. The van der Waals surface area contributed by atoms with Crippen LogP contribution in [0.5, 0.6) is 0 Å². The lowest BCUT2D eigenvalue weighted by Crippen LogP contribution is -2.40. The van der Waals surface area contributed by atoms with Crippen molar-refractivity contribution < 1.29 is 17.6 Å². The van der Waals surface area contributed by atoms with Crippen molar-refractivity contribution >= 4 is 32.6 Å². The van der Waals surface area contributed by atoms with Crippen LogP contribution in [-0.2, 0) is 10.0 Å². The summed E-state index contributed by atoms with van der Waals surface area (Å²) < 4.78 is 33.0. The quantitative estimate of drug-likeness (QED) is 0.730. The molecule has 1 aromatic heterocycles. The summed E-state index contributed by atoms with van der Waals surface area (Å²) in [5, 5.41) is 3.49. The van der Waals surface area contributed by atoms with Gasteiger partial charge in [-0.3, -0.25) is 4.79 Å². The summed E-state index contributed by atoms with van der Waals surface area (Å²) in [6.07, 6.45) is 0. The first-order valence-corrected chi connectivity index (χ1v) is 9.56. The minimum Gasteiger partial charge on any atom is -0.451 e. The van der Waals surface area contributed by atoms with E-state index in [1.807, 2.05) is 18.2 Å². The summed E-state index contributed by atoms with van der Waals surface area (Å²) in [6, 6.07) is 15.0. The monoisotopic (exact) mass is 372 g/mol. The van der Waals surface area contributed by atoms with Crippen molar-refractivity contribution in [3.8, 4) is 0 Å². The average molecular weight is 372 g/mol.